The van der Waals surface area contributed by atoms with Gasteiger partial charge in [-0.1, -0.05) is 6.08 Å². The number of hydrogen-bond donors (Lipinski definition) is 3. The van der Waals surface area contributed by atoms with Crippen molar-refractivity contribution in [3.63, 3.8) is 0 Å². The third-order valence-corrected chi connectivity index (χ3v) is 4.15. The molecule has 0 aliphatic carbocycles. The van der Waals surface area contributed by atoms with Crippen molar-refractivity contribution in [2.75, 3.05) is 33.7 Å². The van der Waals surface area contributed by atoms with Crippen LogP contribution in [-0.2, 0) is 4.79 Å². The molecular weight excluding hydrogens is 323 g/mol. The standard InChI is InChI=1S/C18H21FN4O2/c1-23(2)8-7-20-15(24)9-11-5-6-21-18(25)17-16(11)13-10-12(19)3-4-14(13)22-17/h3-5,10,22H,6-9H2,1-2H3,(H,20,24)(H,21,25). The summed E-state index contributed by atoms with van der Waals surface area (Å²) >= 11 is 0. The zero-order valence-corrected chi connectivity index (χ0v) is 14.3. The van der Waals surface area contributed by atoms with Crippen LogP contribution in [0.4, 0.5) is 4.39 Å². The number of nitrogens with one attached hydrogen (secondary N) is 3. The number of aromatic nitrogens is 1. The molecule has 0 bridgehead atoms. The molecule has 25 heavy (non-hydrogen) atoms. The molecule has 1 aliphatic rings. The largest absolute Gasteiger partial charge is 0.355 e. The summed E-state index contributed by atoms with van der Waals surface area (Å²) in [5, 5.41) is 6.23. The molecule has 1 aromatic carbocycles. The first-order chi connectivity index (χ1) is 12.0. The molecule has 0 radical (unpaired) electrons. The molecule has 0 fully saturated rings. The van der Waals surface area contributed by atoms with Crippen LogP contribution in [0.15, 0.2) is 24.3 Å². The molecule has 1 aromatic heterocycles. The molecule has 3 N–H and O–H groups in total. The fourth-order valence-electron chi connectivity index (χ4n) is 2.94. The Morgan fingerprint density at radius 2 is 2.16 bits per heavy atom. The van der Waals surface area contributed by atoms with Gasteiger partial charge in [0, 0.05) is 36.1 Å². The number of nitrogens with zero attached hydrogens (tertiary/aromatic N) is 1. The van der Waals surface area contributed by atoms with Crippen LogP contribution in [0.5, 0.6) is 0 Å². The van der Waals surface area contributed by atoms with Gasteiger partial charge >= 0.3 is 0 Å². The van der Waals surface area contributed by atoms with Crippen LogP contribution in [0, 0.1) is 5.82 Å². The summed E-state index contributed by atoms with van der Waals surface area (Å²) in [7, 11) is 3.87. The molecule has 0 saturated carbocycles. The third kappa shape index (κ3) is 3.71. The highest BCUT2D eigenvalue weighted by Crippen LogP contribution is 2.32. The van der Waals surface area contributed by atoms with E-state index in [1.165, 1.54) is 12.1 Å². The molecule has 7 heteroatoms. The number of benzene rings is 1. The van der Waals surface area contributed by atoms with Crippen LogP contribution in [0.3, 0.4) is 0 Å². The molecule has 2 aromatic rings. The van der Waals surface area contributed by atoms with Gasteiger partial charge in [0.05, 0.1) is 6.42 Å². The summed E-state index contributed by atoms with van der Waals surface area (Å²) in [5.41, 5.74) is 2.35. The Labute approximate surface area is 145 Å². The third-order valence-electron chi connectivity index (χ3n) is 4.15. The lowest BCUT2D eigenvalue weighted by Crippen LogP contribution is -2.31. The van der Waals surface area contributed by atoms with Gasteiger partial charge in [-0.25, -0.2) is 4.39 Å². The van der Waals surface area contributed by atoms with Gasteiger partial charge in [-0.2, -0.15) is 0 Å². The number of fused-ring (bicyclic) bond motifs is 3. The van der Waals surface area contributed by atoms with Crippen LogP contribution in [0.2, 0.25) is 0 Å². The van der Waals surface area contributed by atoms with Gasteiger partial charge in [0.15, 0.2) is 0 Å². The Balaban J connectivity index is 1.91. The van der Waals surface area contributed by atoms with E-state index < -0.39 is 0 Å². The smallest absolute Gasteiger partial charge is 0.268 e. The Hall–Kier alpha value is -2.67. The van der Waals surface area contributed by atoms with Gasteiger partial charge in [-0.05, 0) is 37.9 Å². The summed E-state index contributed by atoms with van der Waals surface area (Å²) in [6.45, 7) is 1.62. The van der Waals surface area contributed by atoms with Crippen LogP contribution < -0.4 is 10.6 Å². The van der Waals surface area contributed by atoms with Gasteiger partial charge in [0.2, 0.25) is 5.91 Å². The molecule has 6 nitrogen and oxygen atoms in total. The molecule has 0 saturated heterocycles. The van der Waals surface area contributed by atoms with Gasteiger partial charge in [-0.15, -0.1) is 0 Å². The van der Waals surface area contributed by atoms with E-state index in [0.29, 0.717) is 40.8 Å². The van der Waals surface area contributed by atoms with E-state index in [1.807, 2.05) is 25.1 Å². The zero-order valence-electron chi connectivity index (χ0n) is 14.3. The molecule has 2 heterocycles. The Morgan fingerprint density at radius 1 is 1.36 bits per heavy atom. The predicted molar refractivity (Wildman–Crippen MR) is 94.7 cm³/mol. The molecule has 0 spiro atoms. The minimum atomic E-state index is -0.381. The number of amides is 2. The van der Waals surface area contributed by atoms with Crippen molar-refractivity contribution in [1.29, 1.82) is 0 Å². The first-order valence-electron chi connectivity index (χ1n) is 8.16. The maximum absolute atomic E-state index is 13.7. The van der Waals surface area contributed by atoms with E-state index in [1.54, 1.807) is 6.07 Å². The minimum absolute atomic E-state index is 0.126. The minimum Gasteiger partial charge on any atom is -0.355 e. The number of carbonyl (C=O) groups excluding carboxylic acids is 2. The lowest BCUT2D eigenvalue weighted by atomic mass is 9.98. The molecule has 132 valence electrons. The van der Waals surface area contributed by atoms with Crippen molar-refractivity contribution in [3.05, 3.63) is 41.3 Å². The predicted octanol–water partition coefficient (Wildman–Crippen LogP) is 1.50. The van der Waals surface area contributed by atoms with E-state index in [0.717, 1.165) is 6.54 Å². The number of carbonyl (C=O) groups is 2. The summed E-state index contributed by atoms with van der Waals surface area (Å²) in [4.78, 5) is 29.5. The second-order valence-electron chi connectivity index (χ2n) is 6.33. The highest BCUT2D eigenvalue weighted by Gasteiger charge is 2.24. The molecule has 1 aliphatic heterocycles. The second kappa shape index (κ2) is 7.06. The quantitative estimate of drug-likeness (QED) is 0.769. The number of aromatic amines is 1. The van der Waals surface area contributed by atoms with Crippen LogP contribution in [0.1, 0.15) is 22.5 Å². The number of H-pyrrole nitrogens is 1. The monoisotopic (exact) mass is 344 g/mol. The van der Waals surface area contributed by atoms with Crippen molar-refractivity contribution in [2.45, 2.75) is 6.42 Å². The summed E-state index contributed by atoms with van der Waals surface area (Å²) < 4.78 is 13.7. The first-order valence-corrected chi connectivity index (χ1v) is 8.16. The highest BCUT2D eigenvalue weighted by atomic mass is 19.1. The van der Waals surface area contributed by atoms with E-state index in [4.69, 9.17) is 0 Å². The summed E-state index contributed by atoms with van der Waals surface area (Å²) in [6.07, 6.45) is 1.95. The Kier molecular flexibility index (Phi) is 4.85. The molecular formula is C18H21FN4O2. The lowest BCUT2D eigenvalue weighted by Gasteiger charge is -2.11. The Morgan fingerprint density at radius 3 is 2.92 bits per heavy atom. The number of hydrogen-bond acceptors (Lipinski definition) is 3. The van der Waals surface area contributed by atoms with Crippen molar-refractivity contribution < 1.29 is 14.0 Å². The van der Waals surface area contributed by atoms with Gasteiger partial charge in [-0.3, -0.25) is 9.59 Å². The van der Waals surface area contributed by atoms with Crippen LogP contribution >= 0.6 is 0 Å². The number of likely N-dealkylation sites (N-methyl/N-ethyl adjacent to an activating group) is 1. The highest BCUT2D eigenvalue weighted by molar-refractivity contribution is 6.09. The van der Waals surface area contributed by atoms with Gasteiger partial charge < -0.3 is 20.5 Å². The fourth-order valence-corrected chi connectivity index (χ4v) is 2.94. The van der Waals surface area contributed by atoms with Crippen LogP contribution in [0.25, 0.3) is 16.5 Å². The molecule has 2 amide bonds. The van der Waals surface area contributed by atoms with E-state index in [2.05, 4.69) is 15.6 Å². The number of rotatable bonds is 5. The van der Waals surface area contributed by atoms with Crippen molar-refractivity contribution in [3.8, 4) is 0 Å². The fraction of sp³-hybridized carbons (Fsp3) is 0.333. The van der Waals surface area contributed by atoms with Crippen molar-refractivity contribution in [2.24, 2.45) is 0 Å². The van der Waals surface area contributed by atoms with Crippen LogP contribution in [-0.4, -0.2) is 55.4 Å². The Bertz CT molecular complexity index is 854. The zero-order chi connectivity index (χ0) is 18.0. The average Bonchev–Trinajstić information content (AvgIpc) is 2.84. The van der Waals surface area contributed by atoms with E-state index in [9.17, 15) is 14.0 Å². The number of halogens is 1. The second-order valence-corrected chi connectivity index (χ2v) is 6.33. The molecule has 0 unspecified atom stereocenters. The maximum atomic E-state index is 13.7. The van der Waals surface area contributed by atoms with E-state index in [-0.39, 0.29) is 24.1 Å². The maximum Gasteiger partial charge on any atom is 0.268 e. The van der Waals surface area contributed by atoms with Gasteiger partial charge in [0.25, 0.3) is 5.91 Å². The van der Waals surface area contributed by atoms with Crippen molar-refractivity contribution >= 4 is 28.3 Å². The van der Waals surface area contributed by atoms with E-state index >= 15 is 0 Å². The van der Waals surface area contributed by atoms with Crippen molar-refractivity contribution in [1.82, 2.24) is 20.5 Å². The summed E-state index contributed by atoms with van der Waals surface area (Å²) in [5.74, 6) is -0.765. The topological polar surface area (TPSA) is 77.2 Å². The molecule has 3 rings (SSSR count). The summed E-state index contributed by atoms with van der Waals surface area (Å²) in [6, 6.07) is 4.33. The lowest BCUT2D eigenvalue weighted by molar-refractivity contribution is -0.120. The first kappa shape index (κ1) is 17.2. The average molecular weight is 344 g/mol. The SMILES string of the molecule is CN(C)CCNC(=O)CC1=CCNC(=O)c2[nH]c3ccc(F)cc3c21. The molecule has 0 atom stereocenters. The van der Waals surface area contributed by atoms with Gasteiger partial charge in [0.1, 0.15) is 11.5 Å². The normalized spacial score (nSPS) is 14.1.